The first-order chi connectivity index (χ1) is 16.8. The summed E-state index contributed by atoms with van der Waals surface area (Å²) in [7, 11) is 0. The van der Waals surface area contributed by atoms with Gasteiger partial charge >= 0.3 is 6.18 Å². The third kappa shape index (κ3) is 3.23. The highest BCUT2D eigenvalue weighted by molar-refractivity contribution is 5.93. The number of halogens is 3. The van der Waals surface area contributed by atoms with Crippen LogP contribution in [0.2, 0.25) is 0 Å². The fourth-order valence-electron chi connectivity index (χ4n) is 5.07. The van der Waals surface area contributed by atoms with Crippen LogP contribution < -0.4 is 14.8 Å². The van der Waals surface area contributed by atoms with Crippen LogP contribution >= 0.6 is 0 Å². The molecular formula is C25H17F3N4O3. The topological polar surface area (TPSA) is 89.1 Å². The lowest BCUT2D eigenvalue weighted by molar-refractivity contribution is -0.137. The van der Waals surface area contributed by atoms with E-state index in [0.717, 1.165) is 29.0 Å². The van der Waals surface area contributed by atoms with E-state index in [2.05, 4.69) is 20.3 Å². The second-order valence-electron chi connectivity index (χ2n) is 8.97. The largest absolute Gasteiger partial charge is 0.489 e. The van der Waals surface area contributed by atoms with E-state index in [1.54, 1.807) is 12.3 Å². The lowest BCUT2D eigenvalue weighted by atomic mass is 10.1. The number of hydrogen-bond acceptors (Lipinski definition) is 5. The number of aromatic amines is 1. The molecule has 7 rings (SSSR count). The molecule has 3 atom stereocenters. The van der Waals surface area contributed by atoms with Crippen LogP contribution in [-0.4, -0.2) is 27.0 Å². The number of hydrogen-bond donors (Lipinski definition) is 2. The molecule has 2 aromatic heterocycles. The molecule has 176 valence electrons. The van der Waals surface area contributed by atoms with Gasteiger partial charge in [-0.15, -0.1) is 0 Å². The number of rotatable bonds is 3. The Kier molecular flexibility index (Phi) is 4.04. The van der Waals surface area contributed by atoms with Crippen molar-refractivity contribution in [3.05, 3.63) is 71.2 Å². The third-order valence-electron chi connectivity index (χ3n) is 6.80. The van der Waals surface area contributed by atoms with Crippen LogP contribution in [0.25, 0.3) is 11.0 Å². The number of amides is 1. The number of imidazole rings is 1. The minimum Gasteiger partial charge on any atom is -0.489 e. The number of ether oxygens (including phenoxy) is 2. The summed E-state index contributed by atoms with van der Waals surface area (Å²) in [5, 5.41) is 2.77. The zero-order chi connectivity index (χ0) is 23.9. The van der Waals surface area contributed by atoms with Crippen LogP contribution in [0.15, 0.2) is 48.7 Å². The first kappa shape index (κ1) is 20.3. The molecule has 1 amide bonds. The molecular weight excluding hydrogens is 461 g/mol. The van der Waals surface area contributed by atoms with Crippen molar-refractivity contribution in [2.75, 3.05) is 5.32 Å². The fraction of sp³-hybridized carbons (Fsp3) is 0.240. The summed E-state index contributed by atoms with van der Waals surface area (Å²) in [5.74, 6) is 3.07. The average molecular weight is 478 g/mol. The Balaban J connectivity index is 1.16. The number of nitrogens with one attached hydrogen (secondary N) is 2. The van der Waals surface area contributed by atoms with Gasteiger partial charge in [0.1, 0.15) is 35.0 Å². The minimum atomic E-state index is -4.41. The van der Waals surface area contributed by atoms with Crippen molar-refractivity contribution in [3.8, 4) is 17.2 Å². The van der Waals surface area contributed by atoms with Crippen molar-refractivity contribution in [2.24, 2.45) is 0 Å². The highest BCUT2D eigenvalue weighted by Gasteiger charge is 2.61. The molecule has 0 radical (unpaired) electrons. The molecule has 2 aromatic carbocycles. The molecule has 2 aliphatic heterocycles. The van der Waals surface area contributed by atoms with Crippen molar-refractivity contribution in [2.45, 2.75) is 37.0 Å². The smallest absolute Gasteiger partial charge is 0.416 e. The second kappa shape index (κ2) is 6.97. The van der Waals surface area contributed by atoms with E-state index >= 15 is 0 Å². The second-order valence-corrected chi connectivity index (χ2v) is 8.97. The van der Waals surface area contributed by atoms with Gasteiger partial charge in [-0.25, -0.2) is 9.97 Å². The van der Waals surface area contributed by atoms with Gasteiger partial charge in [0.25, 0.3) is 0 Å². The summed E-state index contributed by atoms with van der Waals surface area (Å²) >= 11 is 0. The third-order valence-corrected chi connectivity index (χ3v) is 6.80. The Morgan fingerprint density at radius 3 is 2.80 bits per heavy atom. The highest BCUT2D eigenvalue weighted by Crippen LogP contribution is 2.63. The number of aromatic nitrogens is 3. The fourth-order valence-corrected chi connectivity index (χ4v) is 5.07. The van der Waals surface area contributed by atoms with Gasteiger partial charge in [0, 0.05) is 29.7 Å². The summed E-state index contributed by atoms with van der Waals surface area (Å²) in [6.07, 6.45) is -2.01. The maximum absolute atomic E-state index is 13.1. The van der Waals surface area contributed by atoms with Crippen molar-refractivity contribution >= 4 is 22.8 Å². The number of fused-ring (bicyclic) bond motifs is 5. The van der Waals surface area contributed by atoms with Gasteiger partial charge in [0.2, 0.25) is 5.91 Å². The van der Waals surface area contributed by atoms with Crippen LogP contribution in [0.4, 0.5) is 19.0 Å². The molecule has 0 unspecified atom stereocenters. The number of anilines is 1. The van der Waals surface area contributed by atoms with Crippen molar-refractivity contribution in [1.29, 1.82) is 0 Å². The lowest BCUT2D eigenvalue weighted by Crippen LogP contribution is -2.20. The van der Waals surface area contributed by atoms with Gasteiger partial charge in [-0.05, 0) is 48.9 Å². The van der Waals surface area contributed by atoms with Crippen LogP contribution in [0.3, 0.4) is 0 Å². The van der Waals surface area contributed by atoms with E-state index in [-0.39, 0.29) is 23.8 Å². The summed E-state index contributed by atoms with van der Waals surface area (Å²) in [6.45, 7) is 0. The maximum atomic E-state index is 13.1. The first-order valence-corrected chi connectivity index (χ1v) is 11.2. The lowest BCUT2D eigenvalue weighted by Gasteiger charge is -2.19. The molecule has 0 spiro atoms. The predicted molar refractivity (Wildman–Crippen MR) is 119 cm³/mol. The monoisotopic (exact) mass is 478 g/mol. The van der Waals surface area contributed by atoms with Crippen molar-refractivity contribution < 1.29 is 27.4 Å². The molecule has 7 nitrogen and oxygen atoms in total. The number of H-pyrrole nitrogens is 1. The van der Waals surface area contributed by atoms with Crippen molar-refractivity contribution in [1.82, 2.24) is 15.0 Å². The van der Waals surface area contributed by atoms with Gasteiger partial charge in [-0.3, -0.25) is 4.79 Å². The Morgan fingerprint density at radius 1 is 1.06 bits per heavy atom. The standard InChI is InChI=1S/C25H17F3N4O3/c26-25(27,28)11-1-4-15-16(9-11)31-24(30-15)21-20-14-10-12(2-5-17(14)35-22(20)21)34-18-7-8-29-23-13(18)3-6-19(33)32-23/h1-2,4-5,7-10,20-22H,3,6H2,(H,30,31)(H,29,32,33)/t20-,21-,22-/m1/s1. The van der Waals surface area contributed by atoms with Gasteiger partial charge in [0.15, 0.2) is 0 Å². The first-order valence-electron chi connectivity index (χ1n) is 11.2. The molecule has 0 bridgehead atoms. The predicted octanol–water partition coefficient (Wildman–Crippen LogP) is 5.30. The van der Waals surface area contributed by atoms with Crippen LogP contribution in [0.1, 0.15) is 40.8 Å². The maximum Gasteiger partial charge on any atom is 0.416 e. The number of carbonyl (C=O) groups excluding carboxylic acids is 1. The molecule has 1 aliphatic carbocycles. The quantitative estimate of drug-likeness (QED) is 0.417. The molecule has 4 heterocycles. The Labute approximate surface area is 196 Å². The Morgan fingerprint density at radius 2 is 1.94 bits per heavy atom. The van der Waals surface area contributed by atoms with E-state index in [9.17, 15) is 18.0 Å². The zero-order valence-electron chi connectivity index (χ0n) is 18.0. The molecule has 1 saturated carbocycles. The highest BCUT2D eigenvalue weighted by atomic mass is 19.4. The normalized spacial score (nSPS) is 22.1. The van der Waals surface area contributed by atoms with Crippen LogP contribution in [0, 0.1) is 0 Å². The minimum absolute atomic E-state index is 0.0434. The van der Waals surface area contributed by atoms with Gasteiger partial charge in [-0.1, -0.05) is 0 Å². The van der Waals surface area contributed by atoms with E-state index in [1.807, 2.05) is 18.2 Å². The molecule has 4 aromatic rings. The zero-order valence-corrected chi connectivity index (χ0v) is 18.0. The molecule has 0 saturated heterocycles. The van der Waals surface area contributed by atoms with E-state index in [1.165, 1.54) is 6.07 Å². The molecule has 10 heteroatoms. The average Bonchev–Trinajstić information content (AvgIpc) is 3.18. The van der Waals surface area contributed by atoms with Crippen molar-refractivity contribution in [3.63, 3.8) is 0 Å². The van der Waals surface area contributed by atoms with E-state index in [0.29, 0.717) is 47.0 Å². The Hall–Kier alpha value is -4.08. The summed E-state index contributed by atoms with van der Waals surface area (Å²) in [6, 6.07) is 10.9. The Bertz CT molecular complexity index is 1530. The SMILES string of the molecule is O=C1CCc2c(Oc3ccc4c(c3)[C@H]3[C@@H](O4)[C@@H]3c3nc4ccc(C(F)(F)F)cc4[nH]3)ccnc2N1. The summed E-state index contributed by atoms with van der Waals surface area (Å²) in [4.78, 5) is 23.5. The number of nitrogens with zero attached hydrogens (tertiary/aromatic N) is 2. The number of alkyl halides is 3. The van der Waals surface area contributed by atoms with Gasteiger partial charge < -0.3 is 19.8 Å². The molecule has 2 N–H and O–H groups in total. The van der Waals surface area contributed by atoms with E-state index in [4.69, 9.17) is 9.47 Å². The van der Waals surface area contributed by atoms with Gasteiger partial charge in [0.05, 0.1) is 22.5 Å². The van der Waals surface area contributed by atoms with Gasteiger partial charge in [-0.2, -0.15) is 13.2 Å². The van der Waals surface area contributed by atoms with Crippen LogP contribution in [-0.2, 0) is 17.4 Å². The molecule has 3 aliphatic rings. The number of pyridine rings is 1. The molecule has 35 heavy (non-hydrogen) atoms. The summed E-state index contributed by atoms with van der Waals surface area (Å²) < 4.78 is 51.4. The van der Waals surface area contributed by atoms with Crippen LogP contribution in [0.5, 0.6) is 17.2 Å². The number of carbonyl (C=O) groups is 1. The summed E-state index contributed by atoms with van der Waals surface area (Å²) in [5.41, 5.74) is 1.96. The number of benzene rings is 2. The molecule has 1 fully saturated rings. The van der Waals surface area contributed by atoms with E-state index < -0.39 is 11.7 Å².